The first-order valence-electron chi connectivity index (χ1n) is 5.34. The number of terminal acetylenes is 1. The third-order valence-corrected chi connectivity index (χ3v) is 2.51. The molecule has 0 aromatic heterocycles. The Balaban J connectivity index is 2.58. The number of nitrogens with zero attached hydrogens (tertiary/aromatic N) is 2. The standard InChI is InChI=1S/C11H16N2O3/c1-2-6-13(9-10(14)15)11(16)12-7-4-3-5-8-12/h1H,3-9H2,(H,14,15). The Morgan fingerprint density at radius 3 is 2.44 bits per heavy atom. The Kier molecular flexibility index (Phi) is 4.65. The van der Waals surface area contributed by atoms with Gasteiger partial charge in [-0.2, -0.15) is 0 Å². The van der Waals surface area contributed by atoms with Crippen LogP contribution in [-0.4, -0.2) is 53.1 Å². The number of carbonyl (C=O) groups excluding carboxylic acids is 1. The number of aliphatic carboxylic acids is 1. The Labute approximate surface area is 95.0 Å². The van der Waals surface area contributed by atoms with Crippen LogP contribution in [-0.2, 0) is 4.79 Å². The van der Waals surface area contributed by atoms with Gasteiger partial charge in [0.1, 0.15) is 6.54 Å². The summed E-state index contributed by atoms with van der Waals surface area (Å²) >= 11 is 0. The Morgan fingerprint density at radius 2 is 1.94 bits per heavy atom. The van der Waals surface area contributed by atoms with E-state index in [1.165, 1.54) is 4.90 Å². The first-order chi connectivity index (χ1) is 7.65. The highest BCUT2D eigenvalue weighted by molar-refractivity contribution is 5.80. The van der Waals surface area contributed by atoms with E-state index in [9.17, 15) is 9.59 Å². The molecule has 0 aromatic carbocycles. The molecule has 1 aliphatic rings. The highest BCUT2D eigenvalue weighted by Gasteiger charge is 2.23. The average molecular weight is 224 g/mol. The quantitative estimate of drug-likeness (QED) is 0.714. The van der Waals surface area contributed by atoms with Gasteiger partial charge in [0.05, 0.1) is 6.54 Å². The number of carboxylic acid groups (broad SMARTS) is 1. The summed E-state index contributed by atoms with van der Waals surface area (Å²) in [5.41, 5.74) is 0. The molecule has 1 N–H and O–H groups in total. The minimum Gasteiger partial charge on any atom is -0.480 e. The molecule has 88 valence electrons. The van der Waals surface area contributed by atoms with Gasteiger partial charge in [0.2, 0.25) is 0 Å². The number of rotatable bonds is 3. The van der Waals surface area contributed by atoms with Crippen LogP contribution in [0.25, 0.3) is 0 Å². The van der Waals surface area contributed by atoms with Gasteiger partial charge in [-0.15, -0.1) is 6.42 Å². The zero-order chi connectivity index (χ0) is 12.0. The lowest BCUT2D eigenvalue weighted by Gasteiger charge is -2.31. The van der Waals surface area contributed by atoms with Crippen LogP contribution < -0.4 is 0 Å². The van der Waals surface area contributed by atoms with Crippen LogP contribution in [0.15, 0.2) is 0 Å². The molecule has 0 saturated carbocycles. The van der Waals surface area contributed by atoms with Gasteiger partial charge in [-0.25, -0.2) is 4.79 Å². The molecule has 1 aliphatic heterocycles. The topological polar surface area (TPSA) is 60.9 Å². The molecule has 5 nitrogen and oxygen atoms in total. The first kappa shape index (κ1) is 12.4. The smallest absolute Gasteiger partial charge is 0.323 e. The number of hydrogen-bond donors (Lipinski definition) is 1. The Hall–Kier alpha value is -1.70. The van der Waals surface area contributed by atoms with Crippen molar-refractivity contribution in [3.63, 3.8) is 0 Å². The molecule has 1 heterocycles. The summed E-state index contributed by atoms with van der Waals surface area (Å²) in [4.78, 5) is 25.4. The highest BCUT2D eigenvalue weighted by atomic mass is 16.4. The molecule has 16 heavy (non-hydrogen) atoms. The third kappa shape index (κ3) is 3.46. The summed E-state index contributed by atoms with van der Waals surface area (Å²) in [6.45, 7) is 1.10. The van der Waals surface area contributed by atoms with Crippen molar-refractivity contribution < 1.29 is 14.7 Å². The number of carboxylic acids is 1. The van der Waals surface area contributed by atoms with Gasteiger partial charge in [-0.1, -0.05) is 5.92 Å². The van der Waals surface area contributed by atoms with Gasteiger partial charge in [0.15, 0.2) is 0 Å². The van der Waals surface area contributed by atoms with Crippen LogP contribution in [0.2, 0.25) is 0 Å². The van der Waals surface area contributed by atoms with Crippen LogP contribution in [0, 0.1) is 12.3 Å². The summed E-state index contributed by atoms with van der Waals surface area (Å²) in [6.07, 6.45) is 8.19. The minimum absolute atomic E-state index is 0.0433. The van der Waals surface area contributed by atoms with E-state index in [0.29, 0.717) is 13.1 Å². The van der Waals surface area contributed by atoms with E-state index < -0.39 is 5.97 Å². The molecular formula is C11H16N2O3. The Morgan fingerprint density at radius 1 is 1.31 bits per heavy atom. The number of amides is 2. The second-order valence-corrected chi connectivity index (χ2v) is 3.78. The van der Waals surface area contributed by atoms with Crippen molar-refractivity contribution in [3.8, 4) is 12.3 Å². The number of urea groups is 1. The van der Waals surface area contributed by atoms with Crippen molar-refractivity contribution in [2.24, 2.45) is 0 Å². The summed E-state index contributed by atoms with van der Waals surface area (Å²) in [6, 6.07) is -0.264. The third-order valence-electron chi connectivity index (χ3n) is 2.51. The molecule has 0 atom stereocenters. The number of carbonyl (C=O) groups is 2. The predicted octanol–water partition coefficient (Wildman–Crippen LogP) is 0.612. The Bertz CT molecular complexity index is 303. The van der Waals surface area contributed by atoms with Crippen molar-refractivity contribution in [2.45, 2.75) is 19.3 Å². The molecule has 1 rings (SSSR count). The molecule has 0 radical (unpaired) electrons. The molecule has 1 fully saturated rings. The van der Waals surface area contributed by atoms with E-state index in [2.05, 4.69) is 5.92 Å². The van der Waals surface area contributed by atoms with E-state index in [1.54, 1.807) is 4.90 Å². The summed E-state index contributed by atoms with van der Waals surface area (Å²) in [5.74, 6) is 1.27. The number of piperidine rings is 1. The maximum absolute atomic E-state index is 11.9. The van der Waals surface area contributed by atoms with Gasteiger partial charge in [-0.3, -0.25) is 4.79 Å². The van der Waals surface area contributed by atoms with E-state index in [-0.39, 0.29) is 19.1 Å². The van der Waals surface area contributed by atoms with Gasteiger partial charge in [0.25, 0.3) is 0 Å². The van der Waals surface area contributed by atoms with Gasteiger partial charge in [-0.05, 0) is 19.3 Å². The first-order valence-corrected chi connectivity index (χ1v) is 5.34. The second-order valence-electron chi connectivity index (χ2n) is 3.78. The summed E-state index contributed by atoms with van der Waals surface area (Å²) in [5, 5.41) is 8.68. The maximum atomic E-state index is 11.9. The van der Waals surface area contributed by atoms with E-state index in [0.717, 1.165) is 19.3 Å². The molecular weight excluding hydrogens is 208 g/mol. The largest absolute Gasteiger partial charge is 0.480 e. The molecule has 0 bridgehead atoms. The van der Waals surface area contributed by atoms with Crippen LogP contribution >= 0.6 is 0 Å². The maximum Gasteiger partial charge on any atom is 0.323 e. The molecule has 1 saturated heterocycles. The van der Waals surface area contributed by atoms with Crippen LogP contribution in [0.5, 0.6) is 0 Å². The molecule has 2 amide bonds. The normalized spacial score (nSPS) is 15.3. The number of hydrogen-bond acceptors (Lipinski definition) is 2. The fourth-order valence-electron chi connectivity index (χ4n) is 1.75. The molecule has 0 unspecified atom stereocenters. The van der Waals surface area contributed by atoms with Crippen LogP contribution in [0.1, 0.15) is 19.3 Å². The van der Waals surface area contributed by atoms with Crippen LogP contribution in [0.4, 0.5) is 4.79 Å². The van der Waals surface area contributed by atoms with Crippen molar-refractivity contribution in [3.05, 3.63) is 0 Å². The van der Waals surface area contributed by atoms with Gasteiger partial charge >= 0.3 is 12.0 Å². The fourth-order valence-corrected chi connectivity index (χ4v) is 1.75. The average Bonchev–Trinajstić information content (AvgIpc) is 2.28. The lowest BCUT2D eigenvalue weighted by molar-refractivity contribution is -0.137. The zero-order valence-electron chi connectivity index (χ0n) is 9.19. The van der Waals surface area contributed by atoms with Gasteiger partial charge in [0, 0.05) is 13.1 Å². The van der Waals surface area contributed by atoms with Crippen LogP contribution in [0.3, 0.4) is 0 Å². The second kappa shape index (κ2) is 6.01. The molecule has 5 heteroatoms. The van der Waals surface area contributed by atoms with Crippen molar-refractivity contribution in [1.29, 1.82) is 0 Å². The summed E-state index contributed by atoms with van der Waals surface area (Å²) < 4.78 is 0. The van der Waals surface area contributed by atoms with E-state index >= 15 is 0 Å². The summed E-state index contributed by atoms with van der Waals surface area (Å²) in [7, 11) is 0. The van der Waals surface area contributed by atoms with Crippen molar-refractivity contribution in [1.82, 2.24) is 9.80 Å². The molecule has 0 aromatic rings. The lowest BCUT2D eigenvalue weighted by Crippen LogP contribution is -2.47. The minimum atomic E-state index is -1.04. The fraction of sp³-hybridized carbons (Fsp3) is 0.636. The lowest BCUT2D eigenvalue weighted by atomic mass is 10.1. The molecule has 0 aliphatic carbocycles. The van der Waals surface area contributed by atoms with E-state index in [4.69, 9.17) is 11.5 Å². The monoisotopic (exact) mass is 224 g/mol. The predicted molar refractivity (Wildman–Crippen MR) is 58.9 cm³/mol. The van der Waals surface area contributed by atoms with E-state index in [1.807, 2.05) is 0 Å². The SMILES string of the molecule is C#CCN(CC(=O)O)C(=O)N1CCCCC1. The van der Waals surface area contributed by atoms with Crippen molar-refractivity contribution in [2.75, 3.05) is 26.2 Å². The highest BCUT2D eigenvalue weighted by Crippen LogP contribution is 2.10. The van der Waals surface area contributed by atoms with Crippen molar-refractivity contribution >= 4 is 12.0 Å². The molecule has 0 spiro atoms. The zero-order valence-corrected chi connectivity index (χ0v) is 9.19. The van der Waals surface area contributed by atoms with Gasteiger partial charge < -0.3 is 14.9 Å². The number of likely N-dealkylation sites (tertiary alicyclic amines) is 1.